The second-order valence-electron chi connectivity index (χ2n) is 5.23. The van der Waals surface area contributed by atoms with Crippen LogP contribution >= 0.6 is 11.1 Å². The van der Waals surface area contributed by atoms with Crippen molar-refractivity contribution in [1.82, 2.24) is 4.57 Å². The SMILES string of the molecule is CCO[Si](C)(Cl)CCCN(C)[Si](C)(C)C. The first-order valence-electron chi connectivity index (χ1n) is 5.73. The highest BCUT2D eigenvalue weighted by Gasteiger charge is 2.26. The Labute approximate surface area is 102 Å². The van der Waals surface area contributed by atoms with Gasteiger partial charge in [-0.2, -0.15) is 0 Å². The summed E-state index contributed by atoms with van der Waals surface area (Å²) in [5.74, 6) is 0. The van der Waals surface area contributed by atoms with Crippen LogP contribution in [0.25, 0.3) is 0 Å². The first-order chi connectivity index (χ1) is 6.69. The number of rotatable bonds is 7. The minimum atomic E-state index is -1.87. The third-order valence-electron chi connectivity index (χ3n) is 2.71. The Morgan fingerprint density at radius 1 is 1.20 bits per heavy atom. The fourth-order valence-electron chi connectivity index (χ4n) is 1.34. The zero-order valence-electron chi connectivity index (χ0n) is 11.1. The Hall–Kier alpha value is 0.644. The second-order valence-corrected chi connectivity index (χ2v) is 15.7. The van der Waals surface area contributed by atoms with E-state index in [2.05, 4.69) is 37.8 Å². The van der Waals surface area contributed by atoms with Gasteiger partial charge in [-0.3, -0.25) is 0 Å². The lowest BCUT2D eigenvalue weighted by Crippen LogP contribution is -2.44. The van der Waals surface area contributed by atoms with Crippen LogP contribution in [0.5, 0.6) is 0 Å². The average molecular weight is 268 g/mol. The third kappa shape index (κ3) is 7.52. The van der Waals surface area contributed by atoms with Gasteiger partial charge in [0.25, 0.3) is 7.63 Å². The maximum Gasteiger partial charge on any atom is 0.287 e. The van der Waals surface area contributed by atoms with Crippen molar-refractivity contribution >= 4 is 26.9 Å². The van der Waals surface area contributed by atoms with E-state index in [-0.39, 0.29) is 0 Å². The molecule has 5 heteroatoms. The molecular formula is C10H26ClNOSi2. The van der Waals surface area contributed by atoms with Crippen molar-refractivity contribution in [3.63, 3.8) is 0 Å². The van der Waals surface area contributed by atoms with Crippen LogP contribution in [-0.4, -0.2) is 40.6 Å². The van der Waals surface area contributed by atoms with Gasteiger partial charge in [0.1, 0.15) is 8.24 Å². The fraction of sp³-hybridized carbons (Fsp3) is 1.00. The number of halogens is 1. The molecule has 92 valence electrons. The molecular weight excluding hydrogens is 242 g/mol. The van der Waals surface area contributed by atoms with Crippen LogP contribution in [0.1, 0.15) is 13.3 Å². The maximum atomic E-state index is 6.34. The van der Waals surface area contributed by atoms with Gasteiger partial charge >= 0.3 is 0 Å². The van der Waals surface area contributed by atoms with Crippen molar-refractivity contribution in [2.75, 3.05) is 20.2 Å². The van der Waals surface area contributed by atoms with Crippen molar-refractivity contribution in [3.8, 4) is 0 Å². The summed E-state index contributed by atoms with van der Waals surface area (Å²) >= 11 is 6.34. The van der Waals surface area contributed by atoms with Crippen LogP contribution in [0.4, 0.5) is 0 Å². The van der Waals surface area contributed by atoms with Gasteiger partial charge < -0.3 is 8.99 Å². The van der Waals surface area contributed by atoms with Crippen LogP contribution in [-0.2, 0) is 4.43 Å². The monoisotopic (exact) mass is 267 g/mol. The van der Waals surface area contributed by atoms with Crippen LogP contribution in [0.3, 0.4) is 0 Å². The molecule has 0 bridgehead atoms. The lowest BCUT2D eigenvalue weighted by Gasteiger charge is -2.30. The first kappa shape index (κ1) is 15.6. The molecule has 0 aliphatic rings. The summed E-state index contributed by atoms with van der Waals surface area (Å²) in [7, 11) is -0.757. The van der Waals surface area contributed by atoms with E-state index >= 15 is 0 Å². The minimum Gasteiger partial charge on any atom is -0.403 e. The summed E-state index contributed by atoms with van der Waals surface area (Å²) in [6, 6.07) is 1.05. The molecule has 0 aromatic heterocycles. The smallest absolute Gasteiger partial charge is 0.287 e. The number of nitrogens with zero attached hydrogens (tertiary/aromatic N) is 1. The maximum absolute atomic E-state index is 6.34. The van der Waals surface area contributed by atoms with Gasteiger partial charge in [-0.1, -0.05) is 19.6 Å². The third-order valence-corrected chi connectivity index (χ3v) is 8.25. The molecule has 0 saturated carbocycles. The molecule has 0 fully saturated rings. The number of hydrogen-bond acceptors (Lipinski definition) is 2. The van der Waals surface area contributed by atoms with Crippen LogP contribution in [0.15, 0.2) is 0 Å². The molecule has 1 atom stereocenters. The number of hydrogen-bond donors (Lipinski definition) is 0. The molecule has 0 spiro atoms. The molecule has 0 radical (unpaired) electrons. The molecule has 0 rings (SSSR count). The van der Waals surface area contributed by atoms with Crippen LogP contribution in [0.2, 0.25) is 32.2 Å². The van der Waals surface area contributed by atoms with Gasteiger partial charge in [-0.05, 0) is 39.5 Å². The standard InChI is InChI=1S/C10H26ClNOSi2/c1-7-13-15(6,11)10-8-9-12(2)14(3,4)5/h7-10H2,1-6H3. The van der Waals surface area contributed by atoms with E-state index in [4.69, 9.17) is 15.5 Å². The summed E-state index contributed by atoms with van der Waals surface area (Å²) in [5.41, 5.74) is 0. The van der Waals surface area contributed by atoms with E-state index in [1.807, 2.05) is 6.92 Å². The molecule has 0 amide bonds. The average Bonchev–Trinajstić information content (AvgIpc) is 2.01. The summed E-state index contributed by atoms with van der Waals surface area (Å²) in [6.07, 6.45) is 1.16. The Bertz CT molecular complexity index is 183. The van der Waals surface area contributed by atoms with Crippen molar-refractivity contribution in [2.24, 2.45) is 0 Å². The molecule has 15 heavy (non-hydrogen) atoms. The predicted octanol–water partition coefficient (Wildman–Crippen LogP) is 3.49. The Morgan fingerprint density at radius 2 is 1.73 bits per heavy atom. The Balaban J connectivity index is 3.79. The molecule has 0 aromatic rings. The van der Waals surface area contributed by atoms with E-state index in [0.717, 1.165) is 25.6 Å². The topological polar surface area (TPSA) is 12.5 Å². The van der Waals surface area contributed by atoms with Crippen molar-refractivity contribution in [1.29, 1.82) is 0 Å². The normalized spacial score (nSPS) is 16.8. The largest absolute Gasteiger partial charge is 0.403 e. The van der Waals surface area contributed by atoms with Crippen LogP contribution in [0, 0.1) is 0 Å². The molecule has 0 heterocycles. The van der Waals surface area contributed by atoms with Gasteiger partial charge in [0.15, 0.2) is 0 Å². The lowest BCUT2D eigenvalue weighted by atomic mass is 10.5. The van der Waals surface area contributed by atoms with Gasteiger partial charge in [0, 0.05) is 6.61 Å². The van der Waals surface area contributed by atoms with E-state index < -0.39 is 15.9 Å². The van der Waals surface area contributed by atoms with E-state index in [1.165, 1.54) is 0 Å². The fourth-order valence-corrected chi connectivity index (χ4v) is 4.43. The molecule has 0 aromatic carbocycles. The van der Waals surface area contributed by atoms with Gasteiger partial charge in [0.05, 0.1) is 0 Å². The summed E-state index contributed by atoms with van der Waals surface area (Å²) in [6.45, 7) is 13.1. The quantitative estimate of drug-likeness (QED) is 0.517. The zero-order valence-corrected chi connectivity index (χ0v) is 13.8. The zero-order chi connectivity index (χ0) is 12.1. The Morgan fingerprint density at radius 3 is 2.13 bits per heavy atom. The second kappa shape index (κ2) is 6.40. The van der Waals surface area contributed by atoms with Gasteiger partial charge in [0.2, 0.25) is 0 Å². The summed E-state index contributed by atoms with van der Waals surface area (Å²) < 4.78 is 8.09. The first-order valence-corrected chi connectivity index (χ1v) is 12.8. The molecule has 0 saturated heterocycles. The summed E-state index contributed by atoms with van der Waals surface area (Å²) in [5, 5.41) is 0. The minimum absolute atomic E-state index is 0.746. The molecule has 1 unspecified atom stereocenters. The van der Waals surface area contributed by atoms with Crippen molar-refractivity contribution in [2.45, 2.75) is 45.6 Å². The van der Waals surface area contributed by atoms with E-state index in [9.17, 15) is 0 Å². The van der Waals surface area contributed by atoms with Gasteiger partial charge in [-0.15, -0.1) is 11.1 Å². The molecule has 0 N–H and O–H groups in total. The molecule has 2 nitrogen and oxygen atoms in total. The lowest BCUT2D eigenvalue weighted by molar-refractivity contribution is 0.336. The molecule has 0 aliphatic heterocycles. The predicted molar refractivity (Wildman–Crippen MR) is 74.5 cm³/mol. The highest BCUT2D eigenvalue weighted by atomic mass is 35.6. The Kier molecular flexibility index (Phi) is 6.67. The van der Waals surface area contributed by atoms with E-state index in [0.29, 0.717) is 0 Å². The van der Waals surface area contributed by atoms with Crippen molar-refractivity contribution in [3.05, 3.63) is 0 Å². The van der Waals surface area contributed by atoms with Gasteiger partial charge in [-0.25, -0.2) is 0 Å². The van der Waals surface area contributed by atoms with Crippen molar-refractivity contribution < 1.29 is 4.43 Å². The highest BCUT2D eigenvalue weighted by Crippen LogP contribution is 2.19. The highest BCUT2D eigenvalue weighted by molar-refractivity contribution is 7.16. The van der Waals surface area contributed by atoms with E-state index in [1.54, 1.807) is 0 Å². The van der Waals surface area contributed by atoms with Crippen LogP contribution < -0.4 is 0 Å². The summed E-state index contributed by atoms with van der Waals surface area (Å²) in [4.78, 5) is 0. The molecule has 0 aliphatic carbocycles.